The normalized spacial score (nSPS) is 16.8. The number of sulfonamides is 1. The molecule has 162 valence electrons. The molecule has 1 saturated heterocycles. The molecule has 1 N–H and O–H groups in total. The Morgan fingerprint density at radius 3 is 2.37 bits per heavy atom. The fourth-order valence-electron chi connectivity index (χ4n) is 3.55. The van der Waals surface area contributed by atoms with E-state index in [-0.39, 0.29) is 17.9 Å². The summed E-state index contributed by atoms with van der Waals surface area (Å²) in [6.07, 6.45) is 1.03. The lowest BCUT2D eigenvalue weighted by atomic mass is 9.97. The number of ether oxygens (including phenoxy) is 1. The minimum Gasteiger partial charge on any atom is -0.491 e. The molecule has 0 radical (unpaired) electrons. The van der Waals surface area contributed by atoms with Gasteiger partial charge in [-0.25, -0.2) is 8.42 Å². The molecule has 1 atom stereocenters. The van der Waals surface area contributed by atoms with Gasteiger partial charge in [0, 0.05) is 19.0 Å². The summed E-state index contributed by atoms with van der Waals surface area (Å²) in [4.78, 5) is 12.9. The molecule has 0 unspecified atom stereocenters. The Kier molecular flexibility index (Phi) is 7.15. The largest absolute Gasteiger partial charge is 0.491 e. The quantitative estimate of drug-likeness (QED) is 0.731. The van der Waals surface area contributed by atoms with E-state index in [0.717, 1.165) is 16.9 Å². The van der Waals surface area contributed by atoms with Crippen LogP contribution < -0.4 is 10.1 Å². The number of hydrogen-bond acceptors (Lipinski definition) is 4. The molecule has 30 heavy (non-hydrogen) atoms. The Labute approximate surface area is 179 Å². The summed E-state index contributed by atoms with van der Waals surface area (Å²) in [6, 6.07) is 14.5. The number of nitrogens with zero attached hydrogens (tertiary/aromatic N) is 1. The lowest BCUT2D eigenvalue weighted by Crippen LogP contribution is -2.45. The van der Waals surface area contributed by atoms with Crippen LogP contribution in [0.5, 0.6) is 5.75 Å². The number of amides is 1. The Hall–Kier alpha value is -2.38. The van der Waals surface area contributed by atoms with Gasteiger partial charge in [0.1, 0.15) is 12.4 Å². The van der Waals surface area contributed by atoms with Gasteiger partial charge < -0.3 is 10.1 Å². The molecule has 2 aromatic rings. The van der Waals surface area contributed by atoms with Crippen molar-refractivity contribution in [2.75, 3.05) is 19.7 Å². The van der Waals surface area contributed by atoms with Crippen molar-refractivity contribution in [2.45, 2.75) is 44.6 Å². The average molecular weight is 431 g/mol. The van der Waals surface area contributed by atoms with Gasteiger partial charge in [0.25, 0.3) is 0 Å². The molecule has 1 heterocycles. The van der Waals surface area contributed by atoms with Crippen LogP contribution in [0.15, 0.2) is 53.4 Å². The van der Waals surface area contributed by atoms with Crippen molar-refractivity contribution in [3.05, 3.63) is 59.7 Å². The summed E-state index contributed by atoms with van der Waals surface area (Å²) < 4.78 is 32.9. The van der Waals surface area contributed by atoms with E-state index in [1.54, 1.807) is 24.3 Å². The Morgan fingerprint density at radius 2 is 1.73 bits per heavy atom. The predicted molar refractivity (Wildman–Crippen MR) is 117 cm³/mol. The summed E-state index contributed by atoms with van der Waals surface area (Å²) in [5.41, 5.74) is 2.07. The summed E-state index contributed by atoms with van der Waals surface area (Å²) in [5.74, 6) is 0.590. The number of rotatable bonds is 7. The number of para-hydroxylation sites is 1. The van der Waals surface area contributed by atoms with Gasteiger partial charge in [-0.3, -0.25) is 4.79 Å². The van der Waals surface area contributed by atoms with Crippen molar-refractivity contribution >= 4 is 15.9 Å². The number of nitrogens with one attached hydrogen (secondary N) is 1. The first-order valence-corrected chi connectivity index (χ1v) is 11.8. The Bertz CT molecular complexity index is 965. The zero-order valence-electron chi connectivity index (χ0n) is 17.8. The second-order valence-electron chi connectivity index (χ2n) is 7.98. The van der Waals surface area contributed by atoms with Crippen molar-refractivity contribution in [3.63, 3.8) is 0 Å². The lowest BCUT2D eigenvalue weighted by molar-refractivity contribution is -0.126. The van der Waals surface area contributed by atoms with E-state index in [0.29, 0.717) is 37.4 Å². The first-order valence-electron chi connectivity index (χ1n) is 10.3. The zero-order chi connectivity index (χ0) is 21.7. The van der Waals surface area contributed by atoms with E-state index in [1.165, 1.54) is 4.31 Å². The number of hydrogen-bond donors (Lipinski definition) is 1. The average Bonchev–Trinajstić information content (AvgIpc) is 2.73. The number of carbonyl (C=O) groups is 1. The molecule has 0 saturated carbocycles. The molecule has 3 rings (SSSR count). The molecular formula is C23H30N2O4S. The van der Waals surface area contributed by atoms with Crippen LogP contribution in [0.25, 0.3) is 0 Å². The minimum atomic E-state index is -3.51. The van der Waals surface area contributed by atoms with Crippen molar-refractivity contribution in [1.29, 1.82) is 0 Å². The Morgan fingerprint density at radius 1 is 1.10 bits per heavy atom. The molecular weight excluding hydrogens is 400 g/mol. The van der Waals surface area contributed by atoms with Crippen LogP contribution in [0.2, 0.25) is 0 Å². The van der Waals surface area contributed by atoms with Gasteiger partial charge in [0.05, 0.1) is 10.9 Å². The second kappa shape index (κ2) is 9.62. The maximum atomic E-state index is 12.8. The van der Waals surface area contributed by atoms with Crippen molar-refractivity contribution in [1.82, 2.24) is 9.62 Å². The SMILES string of the molecule is Cc1ccc(S(=O)(=O)N2CCC(C(=O)N[C@@H](C)COc3ccccc3C)CC2)cc1. The molecule has 0 bridgehead atoms. The topological polar surface area (TPSA) is 75.7 Å². The Balaban J connectivity index is 1.49. The van der Waals surface area contributed by atoms with Crippen LogP contribution in [0.1, 0.15) is 30.9 Å². The van der Waals surface area contributed by atoms with Crippen molar-refractivity contribution < 1.29 is 17.9 Å². The number of aryl methyl sites for hydroxylation is 2. The minimum absolute atomic E-state index is 0.0386. The molecule has 2 aromatic carbocycles. The number of piperidine rings is 1. The first-order chi connectivity index (χ1) is 14.3. The van der Waals surface area contributed by atoms with Crippen LogP contribution in [0.3, 0.4) is 0 Å². The highest BCUT2D eigenvalue weighted by atomic mass is 32.2. The van der Waals surface area contributed by atoms with Gasteiger partial charge in [-0.05, 0) is 57.4 Å². The van der Waals surface area contributed by atoms with E-state index >= 15 is 0 Å². The van der Waals surface area contributed by atoms with Crippen LogP contribution in [-0.4, -0.2) is 44.4 Å². The maximum absolute atomic E-state index is 12.8. The monoisotopic (exact) mass is 430 g/mol. The molecule has 0 aliphatic carbocycles. The third-order valence-electron chi connectivity index (χ3n) is 5.45. The van der Waals surface area contributed by atoms with Crippen molar-refractivity contribution in [3.8, 4) is 5.75 Å². The van der Waals surface area contributed by atoms with Crippen LogP contribution >= 0.6 is 0 Å². The highest BCUT2D eigenvalue weighted by Gasteiger charge is 2.32. The summed E-state index contributed by atoms with van der Waals surface area (Å²) in [5, 5.41) is 3.00. The molecule has 1 aliphatic rings. The first kappa shape index (κ1) is 22.3. The second-order valence-corrected chi connectivity index (χ2v) is 9.92. The molecule has 1 amide bonds. The van der Waals surface area contributed by atoms with E-state index in [1.807, 2.05) is 45.0 Å². The summed E-state index contributed by atoms with van der Waals surface area (Å²) in [6.45, 7) is 6.90. The zero-order valence-corrected chi connectivity index (χ0v) is 18.6. The summed E-state index contributed by atoms with van der Waals surface area (Å²) >= 11 is 0. The molecule has 7 heteroatoms. The van der Waals surface area contributed by atoms with Gasteiger partial charge in [-0.15, -0.1) is 0 Å². The predicted octanol–water partition coefficient (Wildman–Crippen LogP) is 3.29. The fraction of sp³-hybridized carbons (Fsp3) is 0.435. The maximum Gasteiger partial charge on any atom is 0.243 e. The smallest absolute Gasteiger partial charge is 0.243 e. The van der Waals surface area contributed by atoms with Gasteiger partial charge in [-0.1, -0.05) is 35.9 Å². The highest BCUT2D eigenvalue weighted by Crippen LogP contribution is 2.24. The van der Waals surface area contributed by atoms with E-state index in [9.17, 15) is 13.2 Å². The van der Waals surface area contributed by atoms with Gasteiger partial charge >= 0.3 is 0 Å². The number of benzene rings is 2. The molecule has 1 aliphatic heterocycles. The molecule has 0 aromatic heterocycles. The molecule has 1 fully saturated rings. The standard InChI is InChI=1S/C23H30N2O4S/c1-17-8-10-21(11-9-17)30(27,28)25-14-12-20(13-15-25)23(26)24-19(3)16-29-22-7-5-4-6-18(22)2/h4-11,19-20H,12-16H2,1-3H3,(H,24,26)/t19-/m0/s1. The fourth-order valence-corrected chi connectivity index (χ4v) is 5.02. The third kappa shape index (κ3) is 5.40. The third-order valence-corrected chi connectivity index (χ3v) is 7.37. The number of carbonyl (C=O) groups excluding carboxylic acids is 1. The molecule has 0 spiro atoms. The van der Waals surface area contributed by atoms with Gasteiger partial charge in [0.15, 0.2) is 0 Å². The summed E-state index contributed by atoms with van der Waals surface area (Å²) in [7, 11) is -3.51. The van der Waals surface area contributed by atoms with Gasteiger partial charge in [-0.2, -0.15) is 4.31 Å². The lowest BCUT2D eigenvalue weighted by Gasteiger charge is -2.31. The van der Waals surface area contributed by atoms with Crippen LogP contribution in [-0.2, 0) is 14.8 Å². The van der Waals surface area contributed by atoms with Gasteiger partial charge in [0.2, 0.25) is 15.9 Å². The molecule has 6 nitrogen and oxygen atoms in total. The van der Waals surface area contributed by atoms with E-state index < -0.39 is 10.0 Å². The van der Waals surface area contributed by atoms with E-state index in [2.05, 4.69) is 5.32 Å². The van der Waals surface area contributed by atoms with E-state index in [4.69, 9.17) is 4.74 Å². The van der Waals surface area contributed by atoms with Crippen LogP contribution in [0.4, 0.5) is 0 Å². The van der Waals surface area contributed by atoms with Crippen molar-refractivity contribution in [2.24, 2.45) is 5.92 Å². The highest BCUT2D eigenvalue weighted by molar-refractivity contribution is 7.89. The van der Waals surface area contributed by atoms with Crippen LogP contribution in [0, 0.1) is 19.8 Å².